The van der Waals surface area contributed by atoms with E-state index in [0.717, 1.165) is 0 Å². The maximum absolute atomic E-state index is 12.8. The average Bonchev–Trinajstić information content (AvgIpc) is 2.90. The monoisotopic (exact) mass is 340 g/mol. The van der Waals surface area contributed by atoms with Gasteiger partial charge in [0.15, 0.2) is 0 Å². The van der Waals surface area contributed by atoms with Crippen molar-refractivity contribution in [2.75, 3.05) is 7.11 Å². The smallest absolute Gasteiger partial charge is 0.408 e. The van der Waals surface area contributed by atoms with E-state index >= 15 is 0 Å². The number of esters is 1. The number of carbonyl (C=O) groups excluding carboxylic acids is 3. The molecule has 0 radical (unpaired) electrons. The van der Waals surface area contributed by atoms with Crippen LogP contribution in [0.2, 0.25) is 0 Å². The normalized spacial score (nSPS) is 17.3. The van der Waals surface area contributed by atoms with Gasteiger partial charge in [-0.3, -0.25) is 4.79 Å². The molecule has 0 spiro atoms. The minimum Gasteiger partial charge on any atom is -0.467 e. The first kappa shape index (κ1) is 20.0. The number of carbonyl (C=O) groups is 3. The lowest BCUT2D eigenvalue weighted by Gasteiger charge is -2.32. The summed E-state index contributed by atoms with van der Waals surface area (Å²) < 4.78 is 9.98. The molecule has 0 saturated heterocycles. The van der Waals surface area contributed by atoms with E-state index in [1.807, 2.05) is 26.0 Å². The van der Waals surface area contributed by atoms with Gasteiger partial charge < -0.3 is 20.1 Å². The molecule has 0 unspecified atom stereocenters. The molecule has 1 atom stereocenters. The fourth-order valence-electron chi connectivity index (χ4n) is 2.40. The van der Waals surface area contributed by atoms with Crippen LogP contribution in [0.15, 0.2) is 12.2 Å². The zero-order valence-electron chi connectivity index (χ0n) is 15.3. The van der Waals surface area contributed by atoms with Gasteiger partial charge >= 0.3 is 12.1 Å². The molecule has 136 valence electrons. The summed E-state index contributed by atoms with van der Waals surface area (Å²) in [6.45, 7) is 8.86. The number of rotatable bonds is 5. The van der Waals surface area contributed by atoms with Crippen molar-refractivity contribution in [1.82, 2.24) is 10.6 Å². The van der Waals surface area contributed by atoms with Crippen molar-refractivity contribution in [1.29, 1.82) is 0 Å². The summed E-state index contributed by atoms with van der Waals surface area (Å²) in [7, 11) is 1.27. The summed E-state index contributed by atoms with van der Waals surface area (Å²) in [5.74, 6) is -1.09. The number of alkyl carbamates (subject to hydrolysis) is 1. The zero-order chi connectivity index (χ0) is 18.5. The molecule has 2 amide bonds. The average molecular weight is 340 g/mol. The van der Waals surface area contributed by atoms with E-state index in [1.54, 1.807) is 20.8 Å². The highest BCUT2D eigenvalue weighted by Gasteiger charge is 2.43. The molecule has 7 nitrogen and oxygen atoms in total. The molecule has 1 rings (SSSR count). The van der Waals surface area contributed by atoms with Gasteiger partial charge in [0.05, 0.1) is 7.11 Å². The SMILES string of the molecule is COC(=O)[C@@H](NC(=O)C1(NC(=O)OC(C)(C)C)CC=CC1)C(C)C. The van der Waals surface area contributed by atoms with Gasteiger partial charge in [0.1, 0.15) is 17.2 Å². The Labute approximate surface area is 143 Å². The van der Waals surface area contributed by atoms with Gasteiger partial charge in [0.2, 0.25) is 5.91 Å². The first-order valence-electron chi connectivity index (χ1n) is 8.06. The third-order valence-corrected chi connectivity index (χ3v) is 3.68. The Hall–Kier alpha value is -2.05. The van der Waals surface area contributed by atoms with Crippen LogP contribution in [0.1, 0.15) is 47.5 Å². The number of amides is 2. The van der Waals surface area contributed by atoms with Gasteiger partial charge in [-0.05, 0) is 39.5 Å². The van der Waals surface area contributed by atoms with Crippen LogP contribution >= 0.6 is 0 Å². The summed E-state index contributed by atoms with van der Waals surface area (Å²) in [5.41, 5.74) is -1.82. The zero-order valence-corrected chi connectivity index (χ0v) is 15.3. The molecule has 7 heteroatoms. The quantitative estimate of drug-likeness (QED) is 0.589. The van der Waals surface area contributed by atoms with Crippen LogP contribution in [0.25, 0.3) is 0 Å². The lowest BCUT2D eigenvalue weighted by Crippen LogP contribution is -2.61. The second-order valence-corrected chi connectivity index (χ2v) is 7.31. The second kappa shape index (κ2) is 7.68. The number of methoxy groups -OCH3 is 1. The summed E-state index contributed by atoms with van der Waals surface area (Å²) in [6.07, 6.45) is 3.65. The minimum atomic E-state index is -1.15. The number of ether oxygens (including phenoxy) is 2. The Morgan fingerprint density at radius 2 is 1.67 bits per heavy atom. The van der Waals surface area contributed by atoms with Crippen molar-refractivity contribution in [3.05, 3.63) is 12.2 Å². The fraction of sp³-hybridized carbons (Fsp3) is 0.706. The summed E-state index contributed by atoms with van der Waals surface area (Å²) in [5, 5.41) is 5.36. The van der Waals surface area contributed by atoms with E-state index in [0.29, 0.717) is 12.8 Å². The van der Waals surface area contributed by atoms with E-state index in [9.17, 15) is 14.4 Å². The van der Waals surface area contributed by atoms with E-state index < -0.39 is 35.2 Å². The molecule has 0 saturated carbocycles. The molecule has 0 aromatic heterocycles. The van der Waals surface area contributed by atoms with E-state index in [1.165, 1.54) is 7.11 Å². The summed E-state index contributed by atoms with van der Waals surface area (Å²) in [6, 6.07) is -0.777. The first-order chi connectivity index (χ1) is 11.0. The highest BCUT2D eigenvalue weighted by atomic mass is 16.6. The molecule has 24 heavy (non-hydrogen) atoms. The molecule has 2 N–H and O–H groups in total. The maximum Gasteiger partial charge on any atom is 0.408 e. The first-order valence-corrected chi connectivity index (χ1v) is 8.06. The largest absolute Gasteiger partial charge is 0.467 e. The van der Waals surface area contributed by atoms with Crippen molar-refractivity contribution >= 4 is 18.0 Å². The van der Waals surface area contributed by atoms with Crippen LogP contribution in [0.4, 0.5) is 4.79 Å². The molecule has 0 heterocycles. The minimum absolute atomic E-state index is 0.144. The Kier molecular flexibility index (Phi) is 6.40. The molecule has 0 bridgehead atoms. The molecule has 1 aliphatic carbocycles. The Morgan fingerprint density at radius 1 is 1.12 bits per heavy atom. The van der Waals surface area contributed by atoms with Crippen molar-refractivity contribution in [2.24, 2.45) is 5.92 Å². The predicted octanol–water partition coefficient (Wildman–Crippen LogP) is 1.91. The number of nitrogens with one attached hydrogen (secondary N) is 2. The lowest BCUT2D eigenvalue weighted by molar-refractivity contribution is -0.147. The molecule has 0 aliphatic heterocycles. The van der Waals surface area contributed by atoms with Crippen LogP contribution in [0.5, 0.6) is 0 Å². The molecule has 1 aliphatic rings. The molecular formula is C17H28N2O5. The fourth-order valence-corrected chi connectivity index (χ4v) is 2.40. The van der Waals surface area contributed by atoms with Gasteiger partial charge in [-0.1, -0.05) is 26.0 Å². The van der Waals surface area contributed by atoms with E-state index in [2.05, 4.69) is 10.6 Å². The van der Waals surface area contributed by atoms with Crippen LogP contribution in [-0.2, 0) is 19.1 Å². The Morgan fingerprint density at radius 3 is 2.08 bits per heavy atom. The van der Waals surface area contributed by atoms with Gasteiger partial charge in [-0.2, -0.15) is 0 Å². The van der Waals surface area contributed by atoms with E-state index in [-0.39, 0.29) is 5.92 Å². The van der Waals surface area contributed by atoms with Gasteiger partial charge in [0.25, 0.3) is 0 Å². The Balaban J connectivity index is 2.88. The van der Waals surface area contributed by atoms with Crippen LogP contribution < -0.4 is 10.6 Å². The third-order valence-electron chi connectivity index (χ3n) is 3.68. The van der Waals surface area contributed by atoms with Crippen molar-refractivity contribution in [3.8, 4) is 0 Å². The summed E-state index contributed by atoms with van der Waals surface area (Å²) >= 11 is 0. The Bertz CT molecular complexity index is 512. The third kappa shape index (κ3) is 5.25. The van der Waals surface area contributed by atoms with Gasteiger partial charge in [-0.15, -0.1) is 0 Å². The lowest BCUT2D eigenvalue weighted by atomic mass is 9.94. The van der Waals surface area contributed by atoms with Gasteiger partial charge in [0, 0.05) is 0 Å². The van der Waals surface area contributed by atoms with Crippen LogP contribution in [-0.4, -0.2) is 42.3 Å². The highest BCUT2D eigenvalue weighted by Crippen LogP contribution is 2.25. The van der Waals surface area contributed by atoms with Crippen molar-refractivity contribution in [2.45, 2.75) is 64.6 Å². The van der Waals surface area contributed by atoms with Gasteiger partial charge in [-0.25, -0.2) is 9.59 Å². The highest BCUT2D eigenvalue weighted by molar-refractivity contribution is 5.93. The van der Waals surface area contributed by atoms with Crippen LogP contribution in [0.3, 0.4) is 0 Å². The van der Waals surface area contributed by atoms with E-state index in [4.69, 9.17) is 9.47 Å². The number of hydrogen-bond acceptors (Lipinski definition) is 5. The molecule has 0 aromatic carbocycles. The van der Waals surface area contributed by atoms with Crippen LogP contribution in [0, 0.1) is 5.92 Å². The number of hydrogen-bond donors (Lipinski definition) is 2. The maximum atomic E-state index is 12.8. The second-order valence-electron chi connectivity index (χ2n) is 7.31. The molecular weight excluding hydrogens is 312 g/mol. The standard InChI is InChI=1S/C17H28N2O5/c1-11(2)12(13(20)23-6)18-14(21)17(9-7-8-10-17)19-15(22)24-16(3,4)5/h7-8,11-12H,9-10H2,1-6H3,(H,18,21)(H,19,22)/t12-/m0/s1. The topological polar surface area (TPSA) is 93.7 Å². The predicted molar refractivity (Wildman–Crippen MR) is 89.3 cm³/mol. The van der Waals surface area contributed by atoms with Crippen molar-refractivity contribution in [3.63, 3.8) is 0 Å². The summed E-state index contributed by atoms with van der Waals surface area (Å²) in [4.78, 5) is 36.7. The molecule has 0 fully saturated rings. The molecule has 0 aromatic rings. The van der Waals surface area contributed by atoms with Crippen molar-refractivity contribution < 1.29 is 23.9 Å².